The summed E-state index contributed by atoms with van der Waals surface area (Å²) in [5, 5.41) is 13.7. The molecule has 5 rings (SSSR count). The number of hydrazine groups is 1. The first-order valence-corrected chi connectivity index (χ1v) is 9.79. The zero-order valence-electron chi connectivity index (χ0n) is 16.9. The van der Waals surface area contributed by atoms with E-state index in [0.29, 0.717) is 22.3 Å². The molecule has 166 valence electrons. The van der Waals surface area contributed by atoms with E-state index in [9.17, 15) is 18.0 Å². The zero-order valence-corrected chi connectivity index (χ0v) is 16.9. The van der Waals surface area contributed by atoms with Gasteiger partial charge in [-0.3, -0.25) is 19.9 Å². The zero-order chi connectivity index (χ0) is 23.2. The predicted molar refractivity (Wildman–Crippen MR) is 114 cm³/mol. The van der Waals surface area contributed by atoms with Gasteiger partial charge < -0.3 is 0 Å². The minimum absolute atomic E-state index is 0.0595. The summed E-state index contributed by atoms with van der Waals surface area (Å²) in [5.74, 6) is 5.61. The third kappa shape index (κ3) is 3.89. The third-order valence-corrected chi connectivity index (χ3v) is 5.23. The number of pyridine rings is 1. The lowest BCUT2D eigenvalue weighted by Gasteiger charge is -2.16. The van der Waals surface area contributed by atoms with Crippen molar-refractivity contribution in [1.82, 2.24) is 30.0 Å². The van der Waals surface area contributed by atoms with Gasteiger partial charge in [-0.2, -0.15) is 23.4 Å². The fourth-order valence-corrected chi connectivity index (χ4v) is 3.55. The number of benzene rings is 2. The van der Waals surface area contributed by atoms with E-state index in [4.69, 9.17) is 5.84 Å². The quantitative estimate of drug-likeness (QED) is 0.245. The number of rotatable bonds is 4. The van der Waals surface area contributed by atoms with Gasteiger partial charge in [0.15, 0.2) is 0 Å². The Labute approximate surface area is 184 Å². The predicted octanol–water partition coefficient (Wildman–Crippen LogP) is 3.83. The highest BCUT2D eigenvalue weighted by molar-refractivity contribution is 6.06. The van der Waals surface area contributed by atoms with E-state index >= 15 is 0 Å². The van der Waals surface area contributed by atoms with E-state index < -0.39 is 17.6 Å². The number of carbonyl (C=O) groups excluding carboxylic acids is 1. The van der Waals surface area contributed by atoms with Crippen LogP contribution in [-0.4, -0.2) is 35.9 Å². The number of carbonyl (C=O) groups is 1. The Morgan fingerprint density at radius 1 is 1.09 bits per heavy atom. The number of amides is 1. The van der Waals surface area contributed by atoms with Gasteiger partial charge in [0.1, 0.15) is 0 Å². The first-order valence-electron chi connectivity index (χ1n) is 9.79. The molecule has 0 aliphatic heterocycles. The van der Waals surface area contributed by atoms with E-state index in [-0.39, 0.29) is 6.54 Å². The lowest BCUT2D eigenvalue weighted by molar-refractivity contribution is -0.137. The molecule has 0 spiro atoms. The summed E-state index contributed by atoms with van der Waals surface area (Å²) in [7, 11) is 0. The van der Waals surface area contributed by atoms with Gasteiger partial charge >= 0.3 is 6.18 Å². The van der Waals surface area contributed by atoms with Crippen molar-refractivity contribution >= 4 is 27.7 Å². The minimum atomic E-state index is -4.41. The van der Waals surface area contributed by atoms with Gasteiger partial charge in [0.2, 0.25) is 0 Å². The summed E-state index contributed by atoms with van der Waals surface area (Å²) in [4.78, 5) is 17.3. The smallest absolute Gasteiger partial charge is 0.277 e. The summed E-state index contributed by atoms with van der Waals surface area (Å²) >= 11 is 0. The topological polar surface area (TPSA) is 106 Å². The number of alkyl halides is 3. The number of nitrogens with two attached hydrogens (primary N) is 1. The average molecular weight is 451 g/mol. The van der Waals surface area contributed by atoms with Crippen LogP contribution in [0.1, 0.15) is 21.5 Å². The van der Waals surface area contributed by atoms with Crippen molar-refractivity contribution in [2.24, 2.45) is 5.84 Å². The second-order valence-electron chi connectivity index (χ2n) is 7.46. The normalized spacial score (nSPS) is 11.9. The molecular formula is C22H16F3N7O. The second kappa shape index (κ2) is 7.71. The van der Waals surface area contributed by atoms with Gasteiger partial charge in [-0.25, -0.2) is 10.5 Å². The fraction of sp³-hybridized carbons (Fsp3) is 0.0909. The van der Waals surface area contributed by atoms with Crippen LogP contribution in [0.3, 0.4) is 0 Å². The van der Waals surface area contributed by atoms with Crippen LogP contribution < -0.4 is 5.84 Å². The molecule has 8 nitrogen and oxygen atoms in total. The van der Waals surface area contributed by atoms with Gasteiger partial charge in [-0.1, -0.05) is 0 Å². The van der Waals surface area contributed by atoms with Crippen molar-refractivity contribution in [3.05, 3.63) is 83.9 Å². The SMILES string of the molecule is NN(Cc1cnn(-c2ccc(C(F)(F)F)cc2)c1)C(=O)c1ccc2ncc3cn[nH]c3c2c1. The van der Waals surface area contributed by atoms with Crippen LogP contribution in [0.5, 0.6) is 0 Å². The summed E-state index contributed by atoms with van der Waals surface area (Å²) in [6, 6.07) is 9.71. The maximum atomic E-state index is 12.9. The molecule has 0 atom stereocenters. The molecule has 0 bridgehead atoms. The Morgan fingerprint density at radius 3 is 2.64 bits per heavy atom. The highest BCUT2D eigenvalue weighted by Crippen LogP contribution is 2.29. The number of fused-ring (bicyclic) bond motifs is 3. The number of nitrogens with zero attached hydrogens (tertiary/aromatic N) is 5. The number of H-pyrrole nitrogens is 1. The molecule has 0 saturated heterocycles. The van der Waals surface area contributed by atoms with Gasteiger partial charge in [0, 0.05) is 34.3 Å². The van der Waals surface area contributed by atoms with Crippen molar-refractivity contribution in [1.29, 1.82) is 0 Å². The molecule has 33 heavy (non-hydrogen) atoms. The Hall–Kier alpha value is -4.25. The molecule has 3 heterocycles. The average Bonchev–Trinajstić information content (AvgIpc) is 3.47. The largest absolute Gasteiger partial charge is 0.416 e. The number of nitrogens with one attached hydrogen (secondary N) is 1. The van der Waals surface area contributed by atoms with Gasteiger partial charge in [-0.05, 0) is 42.5 Å². The van der Waals surface area contributed by atoms with Crippen LogP contribution in [0.15, 0.2) is 67.3 Å². The number of aromatic amines is 1. The lowest BCUT2D eigenvalue weighted by Crippen LogP contribution is -2.36. The molecule has 3 aromatic heterocycles. The first kappa shape index (κ1) is 20.6. The fourth-order valence-electron chi connectivity index (χ4n) is 3.55. The van der Waals surface area contributed by atoms with Crippen molar-refractivity contribution in [2.45, 2.75) is 12.7 Å². The molecule has 0 radical (unpaired) electrons. The summed E-state index contributed by atoms with van der Waals surface area (Å²) < 4.78 is 39.7. The summed E-state index contributed by atoms with van der Waals surface area (Å²) in [6.07, 6.45) is 2.06. The number of hydrogen-bond acceptors (Lipinski definition) is 5. The van der Waals surface area contributed by atoms with Crippen LogP contribution in [0, 0.1) is 0 Å². The van der Waals surface area contributed by atoms with Crippen LogP contribution >= 0.6 is 0 Å². The van der Waals surface area contributed by atoms with Crippen LogP contribution in [0.4, 0.5) is 13.2 Å². The van der Waals surface area contributed by atoms with E-state index in [0.717, 1.165) is 33.4 Å². The number of halogens is 3. The number of aromatic nitrogens is 5. The molecule has 0 fully saturated rings. The van der Waals surface area contributed by atoms with Gasteiger partial charge in [0.05, 0.1) is 41.2 Å². The Kier molecular flexibility index (Phi) is 4.82. The summed E-state index contributed by atoms with van der Waals surface area (Å²) in [6.45, 7) is 0.0595. The lowest BCUT2D eigenvalue weighted by atomic mass is 10.1. The maximum absolute atomic E-state index is 12.9. The standard InChI is InChI=1S/C22H16F3N7O/c23-22(24,25)16-2-4-17(5-3-16)32-12-13(8-29-32)11-31(26)21(33)14-1-6-19-18(7-14)20-15(9-27-19)10-28-30-20/h1-10,12H,11,26H2,(H,28,30). The summed E-state index contributed by atoms with van der Waals surface area (Å²) in [5.41, 5.74) is 2.19. The third-order valence-electron chi connectivity index (χ3n) is 5.23. The Bertz CT molecular complexity index is 1470. The molecule has 1 amide bonds. The van der Waals surface area contributed by atoms with E-state index in [1.807, 2.05) is 0 Å². The molecular weight excluding hydrogens is 435 g/mol. The molecule has 0 aliphatic carbocycles. The Balaban J connectivity index is 1.34. The van der Waals surface area contributed by atoms with Crippen LogP contribution in [0.25, 0.3) is 27.5 Å². The second-order valence-corrected chi connectivity index (χ2v) is 7.46. The highest BCUT2D eigenvalue weighted by atomic mass is 19.4. The van der Waals surface area contributed by atoms with Crippen LogP contribution in [-0.2, 0) is 12.7 Å². The monoisotopic (exact) mass is 451 g/mol. The Morgan fingerprint density at radius 2 is 1.88 bits per heavy atom. The van der Waals surface area contributed by atoms with Crippen molar-refractivity contribution < 1.29 is 18.0 Å². The van der Waals surface area contributed by atoms with Crippen molar-refractivity contribution in [3.8, 4) is 5.69 Å². The molecule has 0 aliphatic rings. The maximum Gasteiger partial charge on any atom is 0.416 e. The van der Waals surface area contributed by atoms with E-state index in [1.165, 1.54) is 23.0 Å². The highest BCUT2D eigenvalue weighted by Gasteiger charge is 2.30. The van der Waals surface area contributed by atoms with E-state index in [1.54, 1.807) is 36.8 Å². The molecule has 2 aromatic carbocycles. The van der Waals surface area contributed by atoms with Crippen molar-refractivity contribution in [3.63, 3.8) is 0 Å². The molecule has 0 unspecified atom stereocenters. The molecule has 5 aromatic rings. The van der Waals surface area contributed by atoms with Crippen molar-refractivity contribution in [2.75, 3.05) is 0 Å². The van der Waals surface area contributed by atoms with Gasteiger partial charge in [-0.15, -0.1) is 0 Å². The van der Waals surface area contributed by atoms with E-state index in [2.05, 4.69) is 20.3 Å². The van der Waals surface area contributed by atoms with Gasteiger partial charge in [0.25, 0.3) is 5.91 Å². The number of hydrogen-bond donors (Lipinski definition) is 2. The molecule has 0 saturated carbocycles. The first-order chi connectivity index (χ1) is 15.8. The van der Waals surface area contributed by atoms with Crippen LogP contribution in [0.2, 0.25) is 0 Å². The molecule has 11 heteroatoms. The minimum Gasteiger partial charge on any atom is -0.277 e. The molecule has 3 N–H and O–H groups in total.